The highest BCUT2D eigenvalue weighted by Crippen LogP contribution is 2.23. The first-order valence-corrected chi connectivity index (χ1v) is 8.65. The molecule has 4 heteroatoms. The second kappa shape index (κ2) is 7.48. The van der Waals surface area contributed by atoms with E-state index in [2.05, 4.69) is 5.32 Å². The van der Waals surface area contributed by atoms with E-state index in [4.69, 9.17) is 0 Å². The zero-order valence-electron chi connectivity index (χ0n) is 12.3. The van der Waals surface area contributed by atoms with Crippen molar-refractivity contribution in [1.29, 1.82) is 0 Å². The third-order valence-corrected chi connectivity index (χ3v) is 4.24. The van der Waals surface area contributed by atoms with Crippen LogP contribution in [0, 0.1) is 5.82 Å². The van der Waals surface area contributed by atoms with E-state index in [-0.39, 0.29) is 17.9 Å². The molecule has 2 aromatic carbocycles. The summed E-state index contributed by atoms with van der Waals surface area (Å²) >= 11 is 0. The van der Waals surface area contributed by atoms with Crippen LogP contribution in [0.25, 0.3) is 0 Å². The highest BCUT2D eigenvalue weighted by molar-refractivity contribution is 7.84. The maximum Gasteiger partial charge on any atom is 0.123 e. The van der Waals surface area contributed by atoms with Crippen LogP contribution in [0.4, 0.5) is 4.39 Å². The zero-order chi connectivity index (χ0) is 15.2. The quantitative estimate of drug-likeness (QED) is 0.887. The van der Waals surface area contributed by atoms with E-state index < -0.39 is 10.8 Å². The van der Waals surface area contributed by atoms with Crippen LogP contribution in [0.3, 0.4) is 0 Å². The van der Waals surface area contributed by atoms with Crippen LogP contribution >= 0.6 is 0 Å². The van der Waals surface area contributed by atoms with Crippen LogP contribution in [0.1, 0.15) is 24.1 Å². The van der Waals surface area contributed by atoms with Crippen molar-refractivity contribution in [3.63, 3.8) is 0 Å². The zero-order valence-corrected chi connectivity index (χ0v) is 13.1. The van der Waals surface area contributed by atoms with Gasteiger partial charge in [0.15, 0.2) is 0 Å². The first kappa shape index (κ1) is 15.9. The van der Waals surface area contributed by atoms with Gasteiger partial charge in [-0.2, -0.15) is 0 Å². The Morgan fingerprint density at radius 3 is 2.19 bits per heavy atom. The van der Waals surface area contributed by atoms with E-state index in [1.807, 2.05) is 37.3 Å². The van der Waals surface area contributed by atoms with Gasteiger partial charge in [-0.25, -0.2) is 4.39 Å². The SMILES string of the molecule is CC(CS(C)=O)NC(c1ccccc1)c1ccc(F)cc1. The number of benzene rings is 2. The molecule has 0 saturated carbocycles. The molecule has 0 radical (unpaired) electrons. The van der Waals surface area contributed by atoms with Crippen LogP contribution in [0.15, 0.2) is 54.6 Å². The van der Waals surface area contributed by atoms with Gasteiger partial charge in [0.25, 0.3) is 0 Å². The second-order valence-corrected chi connectivity index (χ2v) is 6.68. The molecule has 0 saturated heterocycles. The van der Waals surface area contributed by atoms with E-state index in [1.165, 1.54) is 12.1 Å². The molecule has 2 aromatic rings. The molecule has 2 rings (SSSR count). The summed E-state index contributed by atoms with van der Waals surface area (Å²) < 4.78 is 24.5. The van der Waals surface area contributed by atoms with Crippen molar-refractivity contribution in [1.82, 2.24) is 5.32 Å². The lowest BCUT2D eigenvalue weighted by Gasteiger charge is -2.24. The second-order valence-electron chi connectivity index (χ2n) is 5.20. The molecule has 21 heavy (non-hydrogen) atoms. The van der Waals surface area contributed by atoms with E-state index in [1.54, 1.807) is 18.4 Å². The predicted octanol–water partition coefficient (Wildman–Crippen LogP) is 3.27. The maximum absolute atomic E-state index is 13.1. The van der Waals surface area contributed by atoms with Gasteiger partial charge in [0.1, 0.15) is 5.82 Å². The summed E-state index contributed by atoms with van der Waals surface area (Å²) in [6, 6.07) is 16.6. The van der Waals surface area contributed by atoms with Crippen molar-refractivity contribution in [2.75, 3.05) is 12.0 Å². The lowest BCUT2D eigenvalue weighted by Crippen LogP contribution is -2.35. The Balaban J connectivity index is 2.26. The van der Waals surface area contributed by atoms with Crippen LogP contribution in [-0.4, -0.2) is 22.3 Å². The average Bonchev–Trinajstić information content (AvgIpc) is 2.46. The predicted molar refractivity (Wildman–Crippen MR) is 86.2 cm³/mol. The first-order chi connectivity index (χ1) is 10.1. The van der Waals surface area contributed by atoms with Gasteiger partial charge in [-0.3, -0.25) is 4.21 Å². The molecule has 3 unspecified atom stereocenters. The van der Waals surface area contributed by atoms with E-state index >= 15 is 0 Å². The molecule has 0 aliphatic rings. The molecule has 0 amide bonds. The molecule has 0 heterocycles. The lowest BCUT2D eigenvalue weighted by atomic mass is 9.98. The number of halogens is 1. The van der Waals surface area contributed by atoms with Crippen molar-refractivity contribution in [3.05, 3.63) is 71.5 Å². The molecule has 0 aliphatic heterocycles. The molecule has 1 N–H and O–H groups in total. The Hall–Kier alpha value is -1.52. The van der Waals surface area contributed by atoms with Crippen LogP contribution < -0.4 is 5.32 Å². The van der Waals surface area contributed by atoms with Crippen LogP contribution in [-0.2, 0) is 10.8 Å². The Morgan fingerprint density at radius 1 is 1.05 bits per heavy atom. The first-order valence-electron chi connectivity index (χ1n) is 6.92. The van der Waals surface area contributed by atoms with Gasteiger partial charge in [0.05, 0.1) is 6.04 Å². The van der Waals surface area contributed by atoms with E-state index in [0.717, 1.165) is 11.1 Å². The fraction of sp³-hybridized carbons (Fsp3) is 0.294. The Kier molecular flexibility index (Phi) is 5.65. The smallest absolute Gasteiger partial charge is 0.123 e. The molecular weight excluding hydrogens is 285 g/mol. The highest BCUT2D eigenvalue weighted by Gasteiger charge is 2.17. The van der Waals surface area contributed by atoms with Crippen molar-refractivity contribution < 1.29 is 8.60 Å². The van der Waals surface area contributed by atoms with Gasteiger partial charge in [-0.15, -0.1) is 0 Å². The topological polar surface area (TPSA) is 29.1 Å². The number of hydrogen-bond acceptors (Lipinski definition) is 2. The van der Waals surface area contributed by atoms with Gasteiger partial charge >= 0.3 is 0 Å². The Morgan fingerprint density at radius 2 is 1.62 bits per heavy atom. The van der Waals surface area contributed by atoms with Crippen LogP contribution in [0.2, 0.25) is 0 Å². The third kappa shape index (κ3) is 4.76. The number of rotatable bonds is 6. The summed E-state index contributed by atoms with van der Waals surface area (Å²) in [6.45, 7) is 2.01. The van der Waals surface area contributed by atoms with E-state index in [0.29, 0.717) is 5.75 Å². The summed E-state index contributed by atoms with van der Waals surface area (Å²) in [6.07, 6.45) is 1.70. The minimum atomic E-state index is -0.851. The van der Waals surface area contributed by atoms with Crippen LogP contribution in [0.5, 0.6) is 0 Å². The van der Waals surface area contributed by atoms with E-state index in [9.17, 15) is 8.60 Å². The molecule has 2 nitrogen and oxygen atoms in total. The third-order valence-electron chi connectivity index (χ3n) is 3.27. The molecule has 3 atom stereocenters. The summed E-state index contributed by atoms with van der Waals surface area (Å²) in [5.74, 6) is 0.345. The fourth-order valence-corrected chi connectivity index (χ4v) is 3.17. The molecule has 112 valence electrons. The number of nitrogens with one attached hydrogen (secondary N) is 1. The Bertz CT molecular complexity index is 585. The van der Waals surface area contributed by atoms with Crippen molar-refractivity contribution >= 4 is 10.8 Å². The highest BCUT2D eigenvalue weighted by atomic mass is 32.2. The van der Waals surface area contributed by atoms with Gasteiger partial charge < -0.3 is 5.32 Å². The monoisotopic (exact) mass is 305 g/mol. The molecule has 0 aromatic heterocycles. The summed E-state index contributed by atoms with van der Waals surface area (Å²) in [5, 5.41) is 3.48. The molecule has 0 bridgehead atoms. The molecule has 0 fully saturated rings. The van der Waals surface area contributed by atoms with Gasteiger partial charge in [0, 0.05) is 28.9 Å². The summed E-state index contributed by atoms with van der Waals surface area (Å²) in [7, 11) is -0.851. The van der Waals surface area contributed by atoms with Crippen molar-refractivity contribution in [2.45, 2.75) is 19.0 Å². The van der Waals surface area contributed by atoms with Gasteiger partial charge in [0.2, 0.25) is 0 Å². The summed E-state index contributed by atoms with van der Waals surface area (Å²) in [5.41, 5.74) is 2.11. The number of hydrogen-bond donors (Lipinski definition) is 1. The lowest BCUT2D eigenvalue weighted by molar-refractivity contribution is 0.529. The Labute approximate surface area is 127 Å². The largest absolute Gasteiger partial charge is 0.303 e. The average molecular weight is 305 g/mol. The minimum Gasteiger partial charge on any atom is -0.303 e. The van der Waals surface area contributed by atoms with Crippen molar-refractivity contribution in [3.8, 4) is 0 Å². The molecule has 0 aliphatic carbocycles. The van der Waals surface area contributed by atoms with Crippen molar-refractivity contribution in [2.24, 2.45) is 0 Å². The minimum absolute atomic E-state index is 0.0367. The molecule has 0 spiro atoms. The van der Waals surface area contributed by atoms with Gasteiger partial charge in [-0.05, 0) is 30.2 Å². The normalized spacial score (nSPS) is 15.4. The molecular formula is C17H20FNOS. The maximum atomic E-state index is 13.1. The fourth-order valence-electron chi connectivity index (χ4n) is 2.37. The van der Waals surface area contributed by atoms with Gasteiger partial charge in [-0.1, -0.05) is 42.5 Å². The summed E-state index contributed by atoms with van der Waals surface area (Å²) in [4.78, 5) is 0. The standard InChI is InChI=1S/C17H20FNOS/c1-13(12-21(2)20)19-17(14-6-4-3-5-7-14)15-8-10-16(18)11-9-15/h3-11,13,17,19H,12H2,1-2H3.